The number of anilines is 1. The number of carbonyl (C=O) groups excluding carboxylic acids is 2. The summed E-state index contributed by atoms with van der Waals surface area (Å²) in [5.74, 6) is -0.409. The fourth-order valence-electron chi connectivity index (χ4n) is 3.87. The Morgan fingerprint density at radius 1 is 0.844 bits per heavy atom. The molecule has 0 heterocycles. The molecule has 0 aliphatic heterocycles. The van der Waals surface area contributed by atoms with Crippen LogP contribution in [0.5, 0.6) is 0 Å². The van der Waals surface area contributed by atoms with Gasteiger partial charge in [0.15, 0.2) is 6.61 Å². The molecule has 0 unspecified atom stereocenters. The number of oxime groups is 1. The summed E-state index contributed by atoms with van der Waals surface area (Å²) in [4.78, 5) is 32.1. The standard InChI is InChI=1S/C26H25N3O3/c1-3-29(4-2)26(31)18-10-9-11-19(16-18)27-24(30)17-32-28-25-22-14-7-5-12-20(22)21-13-6-8-15-23(21)25/h5-16H,3-4,17H2,1-2H3,(H,27,30). The monoisotopic (exact) mass is 427 g/mol. The van der Waals surface area contributed by atoms with Gasteiger partial charge in [-0.25, -0.2) is 0 Å². The van der Waals surface area contributed by atoms with Crippen molar-refractivity contribution in [2.24, 2.45) is 5.16 Å². The van der Waals surface area contributed by atoms with Crippen molar-refractivity contribution >= 4 is 23.2 Å². The highest BCUT2D eigenvalue weighted by molar-refractivity contribution is 6.24. The minimum atomic E-state index is -0.346. The van der Waals surface area contributed by atoms with Crippen LogP contribution in [-0.2, 0) is 9.63 Å². The number of carbonyl (C=O) groups is 2. The van der Waals surface area contributed by atoms with Crippen molar-refractivity contribution in [3.63, 3.8) is 0 Å². The minimum Gasteiger partial charge on any atom is -0.385 e. The van der Waals surface area contributed by atoms with Crippen LogP contribution in [0.4, 0.5) is 5.69 Å². The second kappa shape index (κ2) is 9.47. The van der Waals surface area contributed by atoms with Crippen molar-refractivity contribution in [2.75, 3.05) is 25.0 Å². The number of amides is 2. The molecule has 0 atom stereocenters. The molecule has 0 fully saturated rings. The summed E-state index contributed by atoms with van der Waals surface area (Å²) in [5.41, 5.74) is 5.96. The van der Waals surface area contributed by atoms with Crippen LogP contribution in [0.15, 0.2) is 78.0 Å². The van der Waals surface area contributed by atoms with E-state index >= 15 is 0 Å². The van der Waals surface area contributed by atoms with Crippen LogP contribution in [-0.4, -0.2) is 42.1 Å². The second-order valence-electron chi connectivity index (χ2n) is 7.41. The Hall–Kier alpha value is -3.93. The highest BCUT2D eigenvalue weighted by Gasteiger charge is 2.24. The maximum absolute atomic E-state index is 12.5. The Labute approximate surface area is 187 Å². The van der Waals surface area contributed by atoms with Crippen molar-refractivity contribution in [2.45, 2.75) is 13.8 Å². The molecule has 0 saturated carbocycles. The highest BCUT2D eigenvalue weighted by Crippen LogP contribution is 2.36. The molecule has 2 amide bonds. The molecule has 1 N–H and O–H groups in total. The fraction of sp³-hybridized carbons (Fsp3) is 0.192. The molecule has 0 aromatic heterocycles. The first kappa shape index (κ1) is 21.3. The van der Waals surface area contributed by atoms with Crippen LogP contribution in [0.1, 0.15) is 35.3 Å². The lowest BCUT2D eigenvalue weighted by Gasteiger charge is -2.19. The van der Waals surface area contributed by atoms with Crippen LogP contribution in [0, 0.1) is 0 Å². The Balaban J connectivity index is 1.43. The first-order valence-electron chi connectivity index (χ1n) is 10.7. The normalized spacial score (nSPS) is 11.4. The molecule has 0 radical (unpaired) electrons. The number of nitrogens with zero attached hydrogens (tertiary/aromatic N) is 2. The van der Waals surface area contributed by atoms with Crippen LogP contribution < -0.4 is 5.32 Å². The molecule has 6 heteroatoms. The first-order valence-corrected chi connectivity index (χ1v) is 10.7. The van der Waals surface area contributed by atoms with Gasteiger partial charge in [0, 0.05) is 35.5 Å². The van der Waals surface area contributed by atoms with E-state index in [1.807, 2.05) is 50.2 Å². The molecule has 0 spiro atoms. The van der Waals surface area contributed by atoms with Crippen molar-refractivity contribution in [3.05, 3.63) is 89.5 Å². The topological polar surface area (TPSA) is 71.0 Å². The number of hydrogen-bond donors (Lipinski definition) is 1. The van der Waals surface area contributed by atoms with Gasteiger partial charge in [-0.05, 0) is 43.2 Å². The van der Waals surface area contributed by atoms with Crippen molar-refractivity contribution in [1.82, 2.24) is 4.90 Å². The van der Waals surface area contributed by atoms with Gasteiger partial charge in [-0.15, -0.1) is 0 Å². The largest absolute Gasteiger partial charge is 0.385 e. The lowest BCUT2D eigenvalue weighted by Crippen LogP contribution is -2.30. The molecule has 1 aliphatic rings. The van der Waals surface area contributed by atoms with Crippen LogP contribution >= 0.6 is 0 Å². The predicted octanol–water partition coefficient (Wildman–Crippen LogP) is 4.56. The second-order valence-corrected chi connectivity index (χ2v) is 7.41. The third-order valence-corrected chi connectivity index (χ3v) is 5.45. The predicted molar refractivity (Wildman–Crippen MR) is 126 cm³/mol. The molecular weight excluding hydrogens is 402 g/mol. The lowest BCUT2D eigenvalue weighted by atomic mass is 10.1. The van der Waals surface area contributed by atoms with Gasteiger partial charge in [0.05, 0.1) is 0 Å². The maximum Gasteiger partial charge on any atom is 0.265 e. The molecule has 4 rings (SSSR count). The minimum absolute atomic E-state index is 0.0627. The molecule has 32 heavy (non-hydrogen) atoms. The lowest BCUT2D eigenvalue weighted by molar-refractivity contribution is -0.120. The maximum atomic E-state index is 12.5. The van der Waals surface area contributed by atoms with E-state index in [0.29, 0.717) is 24.3 Å². The molecule has 3 aromatic rings. The first-order chi connectivity index (χ1) is 15.6. The Morgan fingerprint density at radius 2 is 1.44 bits per heavy atom. The SMILES string of the molecule is CCN(CC)C(=O)c1cccc(NC(=O)CON=C2c3ccccc3-c3ccccc32)c1. The molecule has 0 bridgehead atoms. The van der Waals surface area contributed by atoms with Gasteiger partial charge in [0.1, 0.15) is 5.71 Å². The average molecular weight is 428 g/mol. The number of rotatable bonds is 7. The molecular formula is C26H25N3O3. The molecule has 3 aromatic carbocycles. The van der Waals surface area contributed by atoms with E-state index in [0.717, 1.165) is 28.0 Å². The fourth-order valence-corrected chi connectivity index (χ4v) is 3.87. The van der Waals surface area contributed by atoms with Crippen molar-refractivity contribution < 1.29 is 14.4 Å². The number of benzene rings is 3. The Morgan fingerprint density at radius 3 is 2.03 bits per heavy atom. The van der Waals surface area contributed by atoms with Gasteiger partial charge < -0.3 is 15.1 Å². The summed E-state index contributed by atoms with van der Waals surface area (Å²) < 4.78 is 0. The smallest absolute Gasteiger partial charge is 0.265 e. The van der Waals surface area contributed by atoms with E-state index in [-0.39, 0.29) is 18.4 Å². The van der Waals surface area contributed by atoms with E-state index in [2.05, 4.69) is 22.6 Å². The van der Waals surface area contributed by atoms with E-state index in [1.165, 1.54) is 0 Å². The van der Waals surface area contributed by atoms with Gasteiger partial charge in [-0.2, -0.15) is 0 Å². The molecule has 0 saturated heterocycles. The van der Waals surface area contributed by atoms with Gasteiger partial charge in [-0.3, -0.25) is 9.59 Å². The summed E-state index contributed by atoms with van der Waals surface area (Å²) in [6.45, 7) is 4.90. The van der Waals surface area contributed by atoms with E-state index in [4.69, 9.17) is 4.84 Å². The summed E-state index contributed by atoms with van der Waals surface area (Å²) in [7, 11) is 0. The summed E-state index contributed by atoms with van der Waals surface area (Å²) in [5, 5.41) is 7.05. The number of fused-ring (bicyclic) bond motifs is 3. The van der Waals surface area contributed by atoms with E-state index < -0.39 is 0 Å². The van der Waals surface area contributed by atoms with Crippen LogP contribution in [0.25, 0.3) is 11.1 Å². The van der Waals surface area contributed by atoms with Crippen LogP contribution in [0.2, 0.25) is 0 Å². The van der Waals surface area contributed by atoms with Gasteiger partial charge in [0.25, 0.3) is 11.8 Å². The number of hydrogen-bond acceptors (Lipinski definition) is 4. The molecule has 1 aliphatic carbocycles. The van der Waals surface area contributed by atoms with Gasteiger partial charge >= 0.3 is 0 Å². The van der Waals surface area contributed by atoms with Gasteiger partial charge in [-0.1, -0.05) is 59.8 Å². The Bertz CT molecular complexity index is 1130. The summed E-state index contributed by atoms with van der Waals surface area (Å²) >= 11 is 0. The molecule has 162 valence electrons. The number of nitrogens with one attached hydrogen (secondary N) is 1. The summed E-state index contributed by atoms with van der Waals surface area (Å²) in [6.07, 6.45) is 0. The summed E-state index contributed by atoms with van der Waals surface area (Å²) in [6, 6.07) is 22.9. The van der Waals surface area contributed by atoms with Gasteiger partial charge in [0.2, 0.25) is 0 Å². The quantitative estimate of drug-likeness (QED) is 0.440. The van der Waals surface area contributed by atoms with Crippen LogP contribution in [0.3, 0.4) is 0 Å². The third kappa shape index (κ3) is 4.25. The van der Waals surface area contributed by atoms with E-state index in [9.17, 15) is 9.59 Å². The Kier molecular flexibility index (Phi) is 6.31. The van der Waals surface area contributed by atoms with Crippen molar-refractivity contribution in [1.29, 1.82) is 0 Å². The zero-order valence-electron chi connectivity index (χ0n) is 18.2. The third-order valence-electron chi connectivity index (χ3n) is 5.45. The van der Waals surface area contributed by atoms with E-state index in [1.54, 1.807) is 29.2 Å². The zero-order chi connectivity index (χ0) is 22.5. The van der Waals surface area contributed by atoms with Crippen molar-refractivity contribution in [3.8, 4) is 11.1 Å². The zero-order valence-corrected chi connectivity index (χ0v) is 18.2. The highest BCUT2D eigenvalue weighted by atomic mass is 16.6. The molecule has 6 nitrogen and oxygen atoms in total. The average Bonchev–Trinajstić information content (AvgIpc) is 3.14.